The average Bonchev–Trinajstić information content (AvgIpc) is 3.54. The molecule has 2 aromatic carbocycles. The summed E-state index contributed by atoms with van der Waals surface area (Å²) < 4.78 is 13.5. The molecule has 3 heterocycles. The maximum absolute atomic E-state index is 13.6. The van der Waals surface area contributed by atoms with E-state index >= 15 is 0 Å². The zero-order chi connectivity index (χ0) is 25.8. The zero-order valence-corrected chi connectivity index (χ0v) is 21.8. The molecule has 8 heteroatoms. The Morgan fingerprint density at radius 2 is 1.89 bits per heavy atom. The molecule has 0 bridgehead atoms. The Hall–Kier alpha value is -4.01. The summed E-state index contributed by atoms with van der Waals surface area (Å²) in [5.41, 5.74) is 2.47. The van der Waals surface area contributed by atoms with Gasteiger partial charge in [-0.25, -0.2) is 9.79 Å². The van der Waals surface area contributed by atoms with E-state index in [-0.39, 0.29) is 12.2 Å². The number of aromatic nitrogens is 1. The third-order valence-electron chi connectivity index (χ3n) is 5.83. The van der Waals surface area contributed by atoms with E-state index in [0.29, 0.717) is 33.0 Å². The van der Waals surface area contributed by atoms with Gasteiger partial charge in [0.1, 0.15) is 19.0 Å². The van der Waals surface area contributed by atoms with E-state index in [9.17, 15) is 9.59 Å². The van der Waals surface area contributed by atoms with Crippen LogP contribution in [0.1, 0.15) is 29.0 Å². The summed E-state index contributed by atoms with van der Waals surface area (Å²) >= 11 is 2.86. The highest BCUT2D eigenvalue weighted by molar-refractivity contribution is 7.11. The first-order valence-corrected chi connectivity index (χ1v) is 13.4. The summed E-state index contributed by atoms with van der Waals surface area (Å²) in [6, 6.07) is 20.6. The van der Waals surface area contributed by atoms with Crippen molar-refractivity contribution in [3.05, 3.63) is 132 Å². The van der Waals surface area contributed by atoms with Crippen molar-refractivity contribution >= 4 is 34.7 Å². The largest absolute Gasteiger partial charge is 0.489 e. The predicted octanol–water partition coefficient (Wildman–Crippen LogP) is 4.60. The van der Waals surface area contributed by atoms with Crippen LogP contribution < -0.4 is 19.6 Å². The Kier molecular flexibility index (Phi) is 7.30. The van der Waals surface area contributed by atoms with Crippen molar-refractivity contribution in [1.29, 1.82) is 0 Å². The smallest absolute Gasteiger partial charge is 0.338 e. The monoisotopic (exact) mass is 528 g/mol. The number of benzene rings is 2. The van der Waals surface area contributed by atoms with Crippen LogP contribution in [0.25, 0.3) is 6.08 Å². The minimum Gasteiger partial charge on any atom is -0.489 e. The van der Waals surface area contributed by atoms with Crippen molar-refractivity contribution in [2.45, 2.75) is 19.6 Å². The number of esters is 1. The number of hydrogen-bond acceptors (Lipinski definition) is 7. The van der Waals surface area contributed by atoms with Gasteiger partial charge in [-0.05, 0) is 47.7 Å². The minimum atomic E-state index is -0.678. The number of thiazole rings is 1. The maximum Gasteiger partial charge on any atom is 0.338 e. The lowest BCUT2D eigenvalue weighted by molar-refractivity contribution is -0.138. The molecule has 0 amide bonds. The standard InChI is InChI=1S/C29H24N2O4S2/c1-3-15-34-28(33)25-19(2)30-29-31(27(32)24(37-29)17-23-10-7-16-36-23)26(25)21-11-13-22(14-12-21)35-18-20-8-5-4-6-9-20/h3-14,16-17,26H,1,15,18H2,2H3/b24-17-. The number of hydrogen-bond donors (Lipinski definition) is 0. The Labute approximate surface area is 221 Å². The molecule has 1 aliphatic rings. The first-order chi connectivity index (χ1) is 18.0. The molecule has 0 aliphatic carbocycles. The first kappa shape index (κ1) is 24.7. The number of thiophene rings is 1. The molecule has 1 unspecified atom stereocenters. The molecule has 0 saturated heterocycles. The molecule has 0 saturated carbocycles. The van der Waals surface area contributed by atoms with Gasteiger partial charge < -0.3 is 9.47 Å². The van der Waals surface area contributed by atoms with Gasteiger partial charge in [-0.1, -0.05) is 72.5 Å². The fourth-order valence-corrected chi connectivity index (χ4v) is 5.87. The summed E-state index contributed by atoms with van der Waals surface area (Å²) in [6.07, 6.45) is 3.37. The van der Waals surface area contributed by atoms with Crippen molar-refractivity contribution in [2.75, 3.05) is 6.61 Å². The van der Waals surface area contributed by atoms with E-state index in [1.54, 1.807) is 22.8 Å². The molecule has 6 nitrogen and oxygen atoms in total. The summed E-state index contributed by atoms with van der Waals surface area (Å²) in [7, 11) is 0. The highest BCUT2D eigenvalue weighted by Gasteiger charge is 2.33. The summed E-state index contributed by atoms with van der Waals surface area (Å²) in [6.45, 7) is 5.90. The van der Waals surface area contributed by atoms with E-state index < -0.39 is 12.0 Å². The number of carbonyl (C=O) groups is 1. The lowest BCUT2D eigenvalue weighted by Crippen LogP contribution is -2.39. The van der Waals surface area contributed by atoms with Crippen molar-refractivity contribution in [3.63, 3.8) is 0 Å². The Balaban J connectivity index is 1.55. The fraction of sp³-hybridized carbons (Fsp3) is 0.138. The summed E-state index contributed by atoms with van der Waals surface area (Å²) in [5, 5.41) is 1.96. The van der Waals surface area contributed by atoms with Crippen LogP contribution in [0.15, 0.2) is 106 Å². The molecule has 0 fully saturated rings. The highest BCUT2D eigenvalue weighted by Crippen LogP contribution is 2.31. The van der Waals surface area contributed by atoms with Gasteiger partial charge in [0, 0.05) is 4.88 Å². The van der Waals surface area contributed by atoms with E-state index in [0.717, 1.165) is 16.0 Å². The molecule has 0 spiro atoms. The van der Waals surface area contributed by atoms with Crippen molar-refractivity contribution in [1.82, 2.24) is 4.57 Å². The first-order valence-electron chi connectivity index (χ1n) is 11.7. The van der Waals surface area contributed by atoms with E-state index in [4.69, 9.17) is 9.47 Å². The number of allylic oxidation sites excluding steroid dienone is 1. The molecule has 1 atom stereocenters. The van der Waals surface area contributed by atoms with Gasteiger partial charge in [0.25, 0.3) is 5.56 Å². The molecule has 5 rings (SSSR count). The van der Waals surface area contributed by atoms with Crippen LogP contribution in [0.4, 0.5) is 0 Å². The minimum absolute atomic E-state index is 0.0669. The number of ether oxygens (including phenoxy) is 2. The second kappa shape index (κ2) is 10.9. The third-order valence-corrected chi connectivity index (χ3v) is 7.64. The van der Waals surface area contributed by atoms with Gasteiger partial charge in [0.05, 0.1) is 21.8 Å². The number of rotatable bonds is 8. The molecule has 37 heavy (non-hydrogen) atoms. The fourth-order valence-electron chi connectivity index (χ4n) is 4.10. The van der Waals surface area contributed by atoms with Crippen LogP contribution in [-0.2, 0) is 16.1 Å². The van der Waals surface area contributed by atoms with Gasteiger partial charge >= 0.3 is 5.97 Å². The van der Waals surface area contributed by atoms with E-state index in [1.165, 1.54) is 17.4 Å². The molecule has 0 N–H and O–H groups in total. The van der Waals surface area contributed by atoms with Gasteiger partial charge in [-0.15, -0.1) is 11.3 Å². The number of nitrogens with zero attached hydrogens (tertiary/aromatic N) is 2. The second-order valence-electron chi connectivity index (χ2n) is 8.33. The molecular weight excluding hydrogens is 504 g/mol. The SMILES string of the molecule is C=CCOC(=O)C1=C(C)N=c2s/c(=C\c3cccs3)c(=O)n2C1c1ccc(OCc2ccccc2)cc1. The second-order valence-corrected chi connectivity index (χ2v) is 10.3. The van der Waals surface area contributed by atoms with Crippen molar-refractivity contribution in [2.24, 2.45) is 4.99 Å². The lowest BCUT2D eigenvalue weighted by atomic mass is 9.96. The molecule has 2 aromatic heterocycles. The molecule has 186 valence electrons. The maximum atomic E-state index is 13.6. The normalized spacial score (nSPS) is 15.2. The highest BCUT2D eigenvalue weighted by atomic mass is 32.1. The Bertz CT molecular complexity index is 1630. The van der Waals surface area contributed by atoms with Crippen LogP contribution in [0.2, 0.25) is 0 Å². The third kappa shape index (κ3) is 5.26. The van der Waals surface area contributed by atoms with Gasteiger partial charge in [0.2, 0.25) is 0 Å². The number of fused-ring (bicyclic) bond motifs is 1. The predicted molar refractivity (Wildman–Crippen MR) is 146 cm³/mol. The zero-order valence-electron chi connectivity index (χ0n) is 20.1. The molecule has 4 aromatic rings. The van der Waals surface area contributed by atoms with Crippen LogP contribution in [0, 0.1) is 0 Å². The van der Waals surface area contributed by atoms with Gasteiger partial charge in [-0.3, -0.25) is 9.36 Å². The topological polar surface area (TPSA) is 69.9 Å². The summed E-state index contributed by atoms with van der Waals surface area (Å²) in [4.78, 5) is 32.9. The lowest BCUT2D eigenvalue weighted by Gasteiger charge is -2.24. The van der Waals surface area contributed by atoms with E-state index in [1.807, 2.05) is 78.2 Å². The Morgan fingerprint density at radius 3 is 2.59 bits per heavy atom. The molecular formula is C29H24N2O4S2. The van der Waals surface area contributed by atoms with Crippen LogP contribution in [0.3, 0.4) is 0 Å². The van der Waals surface area contributed by atoms with Gasteiger partial charge in [0.15, 0.2) is 4.80 Å². The van der Waals surface area contributed by atoms with Crippen molar-refractivity contribution in [3.8, 4) is 5.75 Å². The van der Waals surface area contributed by atoms with Crippen molar-refractivity contribution < 1.29 is 14.3 Å². The Morgan fingerprint density at radius 1 is 1.11 bits per heavy atom. The van der Waals surface area contributed by atoms with Gasteiger partial charge in [-0.2, -0.15) is 0 Å². The van der Waals surface area contributed by atoms with E-state index in [2.05, 4.69) is 11.6 Å². The molecule has 0 radical (unpaired) electrons. The number of carbonyl (C=O) groups excluding carboxylic acids is 1. The van der Waals surface area contributed by atoms with Crippen LogP contribution in [-0.4, -0.2) is 17.1 Å². The quantitative estimate of drug-likeness (QED) is 0.248. The van der Waals surface area contributed by atoms with Crippen LogP contribution >= 0.6 is 22.7 Å². The molecule has 1 aliphatic heterocycles. The summed E-state index contributed by atoms with van der Waals surface area (Å²) in [5.74, 6) is 0.164. The average molecular weight is 529 g/mol. The van der Waals surface area contributed by atoms with Crippen LogP contribution in [0.5, 0.6) is 5.75 Å².